The molecule has 0 spiro atoms. The zero-order valence-corrected chi connectivity index (χ0v) is 14.7. The minimum Gasteiger partial charge on any atom is -0.200 e. The number of nitrogens with zero attached hydrogens (tertiary/aromatic N) is 1. The van der Waals surface area contributed by atoms with Gasteiger partial charge in [0.15, 0.2) is 0 Å². The molecular weight excluding hydrogens is 324 g/mol. The molecule has 0 bridgehead atoms. The van der Waals surface area contributed by atoms with Crippen molar-refractivity contribution in [1.29, 1.82) is 0 Å². The van der Waals surface area contributed by atoms with Crippen molar-refractivity contribution in [2.45, 2.75) is 36.2 Å². The van der Waals surface area contributed by atoms with Crippen LogP contribution >= 0.6 is 23.5 Å². The zero-order chi connectivity index (χ0) is 15.3. The first-order valence-electron chi connectivity index (χ1n) is 6.82. The minimum absolute atomic E-state index is 0.242. The molecule has 21 heavy (non-hydrogen) atoms. The topological polar surface area (TPSA) is 58.5 Å². The van der Waals surface area contributed by atoms with Crippen LogP contribution in [0, 0.1) is 6.92 Å². The summed E-state index contributed by atoms with van der Waals surface area (Å²) in [6.07, 6.45) is 2.06. The smallest absolute Gasteiger partial charge is 0.200 e. The molecule has 1 fully saturated rings. The average Bonchev–Trinajstić information content (AvgIpc) is 2.47. The number of thioether (sulfide) groups is 2. The summed E-state index contributed by atoms with van der Waals surface area (Å²) >= 11 is 3.86. The van der Waals surface area contributed by atoms with Crippen molar-refractivity contribution in [3.05, 3.63) is 29.8 Å². The largest absolute Gasteiger partial charge is 0.276 e. The normalized spacial score (nSPS) is 17.7. The Balaban J connectivity index is 1.96. The van der Waals surface area contributed by atoms with Gasteiger partial charge in [-0.05, 0) is 43.9 Å². The Morgan fingerprint density at radius 2 is 1.90 bits per heavy atom. The Bertz CT molecular complexity index is 591. The van der Waals surface area contributed by atoms with Crippen molar-refractivity contribution in [1.82, 2.24) is 4.83 Å². The molecule has 0 aliphatic carbocycles. The predicted molar refractivity (Wildman–Crippen MR) is 92.5 cm³/mol. The van der Waals surface area contributed by atoms with Gasteiger partial charge in [-0.2, -0.15) is 13.5 Å². The Kier molecular flexibility index (Phi) is 6.01. The molecule has 0 radical (unpaired) electrons. The number of benzene rings is 1. The lowest BCUT2D eigenvalue weighted by atomic mass is 10.2. The molecule has 1 aliphatic rings. The van der Waals surface area contributed by atoms with Crippen molar-refractivity contribution >= 4 is 39.3 Å². The lowest BCUT2D eigenvalue weighted by Gasteiger charge is -2.20. The van der Waals surface area contributed by atoms with Crippen LogP contribution in [0.5, 0.6) is 0 Å². The SMILES string of the molecule is C/C(CC1SCCCS1)=N\NS(=O)(=O)c1ccc(C)cc1. The van der Waals surface area contributed by atoms with E-state index in [0.29, 0.717) is 4.58 Å². The minimum atomic E-state index is -3.56. The standard InChI is InChI=1S/C14H20N2O2S3/c1-11-4-6-13(7-5-11)21(17,18)16-15-12(2)10-14-19-8-3-9-20-14/h4-7,14,16H,3,8-10H2,1-2H3/b15-12+. The first-order valence-corrected chi connectivity index (χ1v) is 10.4. The fourth-order valence-corrected chi connectivity index (χ4v) is 5.74. The molecule has 4 nitrogen and oxygen atoms in total. The van der Waals surface area contributed by atoms with E-state index in [-0.39, 0.29) is 4.90 Å². The van der Waals surface area contributed by atoms with Crippen LogP contribution in [0.3, 0.4) is 0 Å². The summed E-state index contributed by atoms with van der Waals surface area (Å²) in [7, 11) is -3.56. The lowest BCUT2D eigenvalue weighted by Crippen LogP contribution is -2.21. The van der Waals surface area contributed by atoms with E-state index in [1.54, 1.807) is 24.3 Å². The predicted octanol–water partition coefficient (Wildman–Crippen LogP) is 3.24. The van der Waals surface area contributed by atoms with Crippen molar-refractivity contribution < 1.29 is 8.42 Å². The first-order chi connectivity index (χ1) is 9.97. The molecule has 1 heterocycles. The second-order valence-corrected chi connectivity index (χ2v) is 9.56. The van der Waals surface area contributed by atoms with Gasteiger partial charge in [0.05, 0.1) is 9.48 Å². The molecule has 0 saturated carbocycles. The van der Waals surface area contributed by atoms with E-state index in [2.05, 4.69) is 9.93 Å². The Morgan fingerprint density at radius 3 is 2.52 bits per heavy atom. The van der Waals surface area contributed by atoms with Gasteiger partial charge in [-0.25, -0.2) is 4.83 Å². The summed E-state index contributed by atoms with van der Waals surface area (Å²) in [5.41, 5.74) is 1.84. The van der Waals surface area contributed by atoms with E-state index >= 15 is 0 Å². The van der Waals surface area contributed by atoms with Gasteiger partial charge in [-0.1, -0.05) is 17.7 Å². The molecule has 1 aromatic carbocycles. The van der Waals surface area contributed by atoms with Crippen LogP contribution in [0.25, 0.3) is 0 Å². The van der Waals surface area contributed by atoms with Gasteiger partial charge in [0, 0.05) is 12.1 Å². The highest BCUT2D eigenvalue weighted by Crippen LogP contribution is 2.32. The molecule has 0 aromatic heterocycles. The number of rotatable bonds is 5. The highest BCUT2D eigenvalue weighted by Gasteiger charge is 2.16. The van der Waals surface area contributed by atoms with Crippen LogP contribution in [0.4, 0.5) is 0 Å². The van der Waals surface area contributed by atoms with Gasteiger partial charge in [-0.15, -0.1) is 23.5 Å². The third-order valence-electron chi connectivity index (χ3n) is 3.05. The highest BCUT2D eigenvalue weighted by molar-refractivity contribution is 8.17. The van der Waals surface area contributed by atoms with Crippen molar-refractivity contribution in [2.75, 3.05) is 11.5 Å². The van der Waals surface area contributed by atoms with Gasteiger partial charge in [-0.3, -0.25) is 0 Å². The number of hydrogen-bond acceptors (Lipinski definition) is 5. The van der Waals surface area contributed by atoms with Crippen LogP contribution < -0.4 is 4.83 Å². The maximum absolute atomic E-state index is 12.1. The maximum atomic E-state index is 12.1. The highest BCUT2D eigenvalue weighted by atomic mass is 32.2. The summed E-state index contributed by atoms with van der Waals surface area (Å²) < 4.78 is 24.7. The van der Waals surface area contributed by atoms with E-state index in [9.17, 15) is 8.42 Å². The summed E-state index contributed by atoms with van der Waals surface area (Å²) in [5.74, 6) is 2.36. The second-order valence-electron chi connectivity index (χ2n) is 4.98. The van der Waals surface area contributed by atoms with Gasteiger partial charge in [0.2, 0.25) is 0 Å². The fraction of sp³-hybridized carbons (Fsp3) is 0.500. The summed E-state index contributed by atoms with van der Waals surface area (Å²) in [5, 5.41) is 4.04. The number of hydrazone groups is 1. The number of hydrogen-bond donors (Lipinski definition) is 1. The summed E-state index contributed by atoms with van der Waals surface area (Å²) in [4.78, 5) is 2.57. The Labute approximate surface area is 135 Å². The molecule has 1 aromatic rings. The molecular formula is C14H20N2O2S3. The quantitative estimate of drug-likeness (QED) is 0.658. The molecule has 2 rings (SSSR count). The van der Waals surface area contributed by atoms with E-state index in [0.717, 1.165) is 17.7 Å². The van der Waals surface area contributed by atoms with Crippen molar-refractivity contribution in [3.63, 3.8) is 0 Å². The van der Waals surface area contributed by atoms with Crippen LogP contribution in [-0.2, 0) is 10.0 Å². The number of nitrogens with one attached hydrogen (secondary N) is 1. The van der Waals surface area contributed by atoms with Gasteiger partial charge < -0.3 is 0 Å². The van der Waals surface area contributed by atoms with Crippen molar-refractivity contribution in [3.8, 4) is 0 Å². The van der Waals surface area contributed by atoms with Gasteiger partial charge in [0.1, 0.15) is 0 Å². The molecule has 1 saturated heterocycles. The molecule has 7 heteroatoms. The third-order valence-corrected chi connectivity index (χ3v) is 7.21. The first kappa shape index (κ1) is 16.7. The molecule has 1 aliphatic heterocycles. The molecule has 0 amide bonds. The number of aryl methyl sites for hydroxylation is 1. The van der Waals surface area contributed by atoms with Gasteiger partial charge >= 0.3 is 0 Å². The Morgan fingerprint density at radius 1 is 1.29 bits per heavy atom. The maximum Gasteiger partial charge on any atom is 0.276 e. The third kappa shape index (κ3) is 5.23. The van der Waals surface area contributed by atoms with E-state index in [4.69, 9.17) is 0 Å². The molecule has 0 atom stereocenters. The van der Waals surface area contributed by atoms with E-state index in [1.165, 1.54) is 17.9 Å². The summed E-state index contributed by atoms with van der Waals surface area (Å²) in [6.45, 7) is 3.79. The van der Waals surface area contributed by atoms with Crippen LogP contribution in [0.15, 0.2) is 34.3 Å². The summed E-state index contributed by atoms with van der Waals surface area (Å²) in [6, 6.07) is 6.74. The average molecular weight is 345 g/mol. The fourth-order valence-electron chi connectivity index (χ4n) is 1.85. The lowest BCUT2D eigenvalue weighted by molar-refractivity contribution is 0.584. The van der Waals surface area contributed by atoms with E-state index < -0.39 is 10.0 Å². The molecule has 0 unspecified atom stereocenters. The Hall–Kier alpha value is -0.660. The van der Waals surface area contributed by atoms with Gasteiger partial charge in [0.25, 0.3) is 10.0 Å². The van der Waals surface area contributed by atoms with Crippen LogP contribution in [0.2, 0.25) is 0 Å². The van der Waals surface area contributed by atoms with Crippen molar-refractivity contribution in [2.24, 2.45) is 5.10 Å². The van der Waals surface area contributed by atoms with Crippen LogP contribution in [0.1, 0.15) is 25.3 Å². The molecule has 116 valence electrons. The van der Waals surface area contributed by atoms with E-state index in [1.807, 2.05) is 37.4 Å². The zero-order valence-electron chi connectivity index (χ0n) is 12.2. The monoisotopic (exact) mass is 344 g/mol. The molecule has 1 N–H and O–H groups in total. The second kappa shape index (κ2) is 7.56. The number of sulfonamides is 1. The van der Waals surface area contributed by atoms with Crippen LogP contribution in [-0.4, -0.2) is 30.2 Å².